The molecule has 5 nitrogen and oxygen atoms in total. The highest BCUT2D eigenvalue weighted by molar-refractivity contribution is 7.12. The van der Waals surface area contributed by atoms with Gasteiger partial charge in [0.1, 0.15) is 11.6 Å². The first-order valence-corrected chi connectivity index (χ1v) is 10.6. The molecule has 0 saturated carbocycles. The summed E-state index contributed by atoms with van der Waals surface area (Å²) in [6, 6.07) is 17.8. The zero-order chi connectivity index (χ0) is 21.1. The number of carbonyl (C=O) groups excluding carboxylic acids is 1. The summed E-state index contributed by atoms with van der Waals surface area (Å²) in [6.45, 7) is 3.87. The van der Waals surface area contributed by atoms with Crippen LogP contribution in [0, 0.1) is 12.7 Å². The van der Waals surface area contributed by atoms with Crippen molar-refractivity contribution < 1.29 is 9.18 Å². The van der Waals surface area contributed by atoms with E-state index in [-0.39, 0.29) is 17.6 Å². The van der Waals surface area contributed by atoms with Gasteiger partial charge in [0.25, 0.3) is 0 Å². The van der Waals surface area contributed by atoms with Crippen molar-refractivity contribution in [3.05, 3.63) is 83.1 Å². The van der Waals surface area contributed by atoms with Crippen molar-refractivity contribution in [1.29, 1.82) is 0 Å². The Morgan fingerprint density at radius 2 is 1.90 bits per heavy atom. The van der Waals surface area contributed by atoms with Gasteiger partial charge in [-0.2, -0.15) is 9.78 Å². The highest BCUT2D eigenvalue weighted by Gasteiger charge is 2.21. The van der Waals surface area contributed by atoms with Crippen LogP contribution < -0.4 is 5.32 Å². The number of aryl methyl sites for hydroxylation is 1. The maximum Gasteiger partial charge on any atom is 0.233 e. The monoisotopic (exact) mass is 420 g/mol. The van der Waals surface area contributed by atoms with Crippen LogP contribution in [0.3, 0.4) is 0 Å². The van der Waals surface area contributed by atoms with E-state index in [0.29, 0.717) is 17.4 Å². The fourth-order valence-electron chi connectivity index (χ4n) is 3.32. The number of halogens is 1. The van der Waals surface area contributed by atoms with Gasteiger partial charge in [-0.15, -0.1) is 11.3 Å². The number of nitrogens with zero attached hydrogens (tertiary/aromatic N) is 3. The molecule has 0 radical (unpaired) electrons. The molecule has 2 heterocycles. The van der Waals surface area contributed by atoms with E-state index in [1.54, 1.807) is 16.8 Å². The number of benzene rings is 2. The third-order valence-electron chi connectivity index (χ3n) is 4.82. The molecule has 4 aromatic rings. The molecule has 2 aromatic carbocycles. The molecule has 1 N–H and O–H groups in total. The summed E-state index contributed by atoms with van der Waals surface area (Å²) in [6.07, 6.45) is 0.689. The minimum Gasteiger partial charge on any atom is -0.310 e. The fourth-order valence-corrected chi connectivity index (χ4v) is 4.12. The molecule has 0 aliphatic heterocycles. The summed E-state index contributed by atoms with van der Waals surface area (Å²) in [7, 11) is 0. The van der Waals surface area contributed by atoms with Crippen LogP contribution in [0.2, 0.25) is 0 Å². The van der Waals surface area contributed by atoms with Gasteiger partial charge in [-0.1, -0.05) is 37.3 Å². The van der Waals surface area contributed by atoms with Crippen molar-refractivity contribution in [3.8, 4) is 16.4 Å². The van der Waals surface area contributed by atoms with E-state index < -0.39 is 0 Å². The van der Waals surface area contributed by atoms with Crippen molar-refractivity contribution in [2.24, 2.45) is 0 Å². The molecule has 2 aromatic heterocycles. The van der Waals surface area contributed by atoms with E-state index in [4.69, 9.17) is 0 Å². The topological polar surface area (TPSA) is 59.8 Å². The van der Waals surface area contributed by atoms with E-state index in [2.05, 4.69) is 15.4 Å². The molecule has 0 bridgehead atoms. The van der Waals surface area contributed by atoms with Gasteiger partial charge in [0.05, 0.1) is 17.3 Å². The number of amides is 1. The first-order chi connectivity index (χ1) is 14.5. The number of anilines is 1. The molecule has 1 atom stereocenters. The quantitative estimate of drug-likeness (QED) is 0.443. The number of thiazole rings is 1. The molecule has 0 fully saturated rings. The Balaban J connectivity index is 1.60. The molecule has 0 aliphatic rings. The second-order valence-electron chi connectivity index (χ2n) is 6.97. The van der Waals surface area contributed by atoms with Crippen molar-refractivity contribution in [1.82, 2.24) is 14.8 Å². The van der Waals surface area contributed by atoms with Gasteiger partial charge in [-0.05, 0) is 43.2 Å². The lowest BCUT2D eigenvalue weighted by molar-refractivity contribution is -0.117. The third-order valence-corrected chi connectivity index (χ3v) is 5.64. The van der Waals surface area contributed by atoms with Gasteiger partial charge in [-0.25, -0.2) is 9.37 Å². The predicted molar refractivity (Wildman–Crippen MR) is 117 cm³/mol. The van der Waals surface area contributed by atoms with Crippen LogP contribution in [0.4, 0.5) is 10.2 Å². The van der Waals surface area contributed by atoms with E-state index >= 15 is 0 Å². The lowest BCUT2D eigenvalue weighted by Gasteiger charge is -2.15. The predicted octanol–water partition coefficient (Wildman–Crippen LogP) is 5.58. The Morgan fingerprint density at radius 3 is 2.60 bits per heavy atom. The van der Waals surface area contributed by atoms with Gasteiger partial charge in [0.2, 0.25) is 11.0 Å². The first kappa shape index (κ1) is 20.0. The molecule has 1 unspecified atom stereocenters. The zero-order valence-corrected chi connectivity index (χ0v) is 17.5. The summed E-state index contributed by atoms with van der Waals surface area (Å²) in [5.74, 6) is -0.0428. The maximum absolute atomic E-state index is 13.2. The fraction of sp³-hybridized carbons (Fsp3) is 0.174. The van der Waals surface area contributed by atoms with Crippen molar-refractivity contribution >= 4 is 23.1 Å². The van der Waals surface area contributed by atoms with Gasteiger partial charge >= 0.3 is 0 Å². The molecule has 1 amide bonds. The summed E-state index contributed by atoms with van der Waals surface area (Å²) in [5, 5.41) is 10.0. The van der Waals surface area contributed by atoms with Gasteiger partial charge in [-0.3, -0.25) is 4.79 Å². The van der Waals surface area contributed by atoms with Crippen LogP contribution in [-0.4, -0.2) is 20.7 Å². The Labute approximate surface area is 178 Å². The number of nitrogens with one attached hydrogen (secondary N) is 1. The van der Waals surface area contributed by atoms with Crippen LogP contribution in [0.15, 0.2) is 66.0 Å². The minimum atomic E-state index is -0.286. The molecule has 0 saturated heterocycles. The van der Waals surface area contributed by atoms with Gasteiger partial charge in [0, 0.05) is 17.0 Å². The van der Waals surface area contributed by atoms with Crippen LogP contribution in [0.5, 0.6) is 0 Å². The van der Waals surface area contributed by atoms with E-state index in [0.717, 1.165) is 22.5 Å². The molecule has 0 spiro atoms. The smallest absolute Gasteiger partial charge is 0.233 e. The number of carbonyl (C=O) groups is 1. The van der Waals surface area contributed by atoms with Crippen molar-refractivity contribution in [2.75, 3.05) is 5.32 Å². The maximum atomic E-state index is 13.2. The Kier molecular flexibility index (Phi) is 5.72. The van der Waals surface area contributed by atoms with Crippen LogP contribution in [0.25, 0.3) is 16.4 Å². The zero-order valence-electron chi connectivity index (χ0n) is 16.7. The lowest BCUT2D eigenvalue weighted by atomic mass is 9.96. The third kappa shape index (κ3) is 4.16. The number of rotatable bonds is 6. The highest BCUT2D eigenvalue weighted by atomic mass is 32.1. The summed E-state index contributed by atoms with van der Waals surface area (Å²) >= 11 is 1.41. The van der Waals surface area contributed by atoms with E-state index in [1.165, 1.54) is 23.5 Å². The Hall–Kier alpha value is -3.32. The SMILES string of the molecule is CCC(C(=O)Nc1cc(C)nn1-c1nc(-c2ccc(F)cc2)cs1)c1ccccc1. The second kappa shape index (κ2) is 8.59. The summed E-state index contributed by atoms with van der Waals surface area (Å²) in [4.78, 5) is 17.6. The van der Waals surface area contributed by atoms with Crippen molar-refractivity contribution in [3.63, 3.8) is 0 Å². The number of aromatic nitrogens is 3. The minimum absolute atomic E-state index is 0.0832. The summed E-state index contributed by atoms with van der Waals surface area (Å²) in [5.41, 5.74) is 3.31. The van der Waals surface area contributed by atoms with Crippen LogP contribution >= 0.6 is 11.3 Å². The number of hydrogen-bond acceptors (Lipinski definition) is 4. The van der Waals surface area contributed by atoms with Crippen LogP contribution in [-0.2, 0) is 4.79 Å². The first-order valence-electron chi connectivity index (χ1n) is 9.69. The summed E-state index contributed by atoms with van der Waals surface area (Å²) < 4.78 is 14.8. The van der Waals surface area contributed by atoms with E-state index in [1.807, 2.05) is 55.6 Å². The standard InChI is InChI=1S/C23H21FN4OS/c1-3-19(16-7-5-4-6-8-16)22(29)26-21-13-15(2)27-28(21)23-25-20(14-30-23)17-9-11-18(24)12-10-17/h4-14,19H,3H2,1-2H3,(H,26,29). The van der Waals surface area contributed by atoms with Gasteiger partial charge in [0.15, 0.2) is 0 Å². The molecule has 4 rings (SSSR count). The average Bonchev–Trinajstić information content (AvgIpc) is 3.36. The Bertz CT molecular complexity index is 1150. The Morgan fingerprint density at radius 1 is 1.17 bits per heavy atom. The average molecular weight is 421 g/mol. The number of hydrogen-bond donors (Lipinski definition) is 1. The van der Waals surface area contributed by atoms with Crippen molar-refractivity contribution in [2.45, 2.75) is 26.2 Å². The van der Waals surface area contributed by atoms with E-state index in [9.17, 15) is 9.18 Å². The second-order valence-corrected chi connectivity index (χ2v) is 7.80. The molecule has 30 heavy (non-hydrogen) atoms. The largest absolute Gasteiger partial charge is 0.310 e. The normalized spacial score (nSPS) is 12.0. The molecular formula is C23H21FN4OS. The highest BCUT2D eigenvalue weighted by Crippen LogP contribution is 2.28. The molecular weight excluding hydrogens is 399 g/mol. The molecule has 0 aliphatic carbocycles. The lowest BCUT2D eigenvalue weighted by Crippen LogP contribution is -2.22. The van der Waals surface area contributed by atoms with Gasteiger partial charge < -0.3 is 5.32 Å². The molecule has 7 heteroatoms. The van der Waals surface area contributed by atoms with Crippen LogP contribution in [0.1, 0.15) is 30.5 Å². The molecule has 152 valence electrons.